The van der Waals surface area contributed by atoms with Gasteiger partial charge in [-0.3, -0.25) is 4.79 Å². The van der Waals surface area contributed by atoms with Crippen LogP contribution in [0.15, 0.2) is 54.6 Å². The average Bonchev–Trinajstić information content (AvgIpc) is 2.97. The Morgan fingerprint density at radius 3 is 2.68 bits per heavy atom. The van der Waals surface area contributed by atoms with E-state index in [0.29, 0.717) is 10.6 Å². The van der Waals surface area contributed by atoms with Gasteiger partial charge < -0.3 is 10.4 Å². The molecule has 3 aromatic rings. The standard InChI is InChI=1S/C17H14ClNO2S/c18-13-7-3-2-6-12(13)17(21)19-10-14(20)16-9-11-5-1-4-8-15(11)22-16/h1-9,14,20H,10H2,(H,19,21)/t14-/m0/s1. The summed E-state index contributed by atoms with van der Waals surface area (Å²) in [5.41, 5.74) is 0.410. The van der Waals surface area contributed by atoms with Crippen LogP contribution in [0.25, 0.3) is 10.1 Å². The first-order valence-corrected chi connectivity index (χ1v) is 8.04. The Morgan fingerprint density at radius 2 is 1.91 bits per heavy atom. The van der Waals surface area contributed by atoms with Gasteiger partial charge in [-0.2, -0.15) is 0 Å². The number of carbonyl (C=O) groups is 1. The molecule has 0 aliphatic carbocycles. The fourth-order valence-electron chi connectivity index (χ4n) is 2.20. The second-order valence-electron chi connectivity index (χ2n) is 4.89. The van der Waals surface area contributed by atoms with E-state index in [-0.39, 0.29) is 12.5 Å². The lowest BCUT2D eigenvalue weighted by Gasteiger charge is -2.10. The van der Waals surface area contributed by atoms with E-state index in [0.717, 1.165) is 15.0 Å². The topological polar surface area (TPSA) is 49.3 Å². The second-order valence-corrected chi connectivity index (χ2v) is 6.41. The summed E-state index contributed by atoms with van der Waals surface area (Å²) >= 11 is 7.51. The van der Waals surface area contributed by atoms with E-state index in [1.165, 1.54) is 11.3 Å². The molecular weight excluding hydrogens is 318 g/mol. The van der Waals surface area contributed by atoms with Crippen molar-refractivity contribution in [1.82, 2.24) is 5.32 Å². The van der Waals surface area contributed by atoms with Crippen molar-refractivity contribution in [3.63, 3.8) is 0 Å². The summed E-state index contributed by atoms with van der Waals surface area (Å²) in [6.07, 6.45) is -0.733. The van der Waals surface area contributed by atoms with Crippen LogP contribution in [-0.4, -0.2) is 17.6 Å². The molecule has 1 heterocycles. The van der Waals surface area contributed by atoms with Crippen LogP contribution >= 0.6 is 22.9 Å². The minimum absolute atomic E-state index is 0.150. The van der Waals surface area contributed by atoms with Gasteiger partial charge in [-0.15, -0.1) is 11.3 Å². The SMILES string of the molecule is O=C(NC[C@H](O)c1cc2ccccc2s1)c1ccccc1Cl. The molecule has 2 N–H and O–H groups in total. The Labute approximate surface area is 137 Å². The zero-order valence-electron chi connectivity index (χ0n) is 11.6. The van der Waals surface area contributed by atoms with Crippen molar-refractivity contribution >= 4 is 38.9 Å². The number of rotatable bonds is 4. The second kappa shape index (κ2) is 6.48. The number of amides is 1. The van der Waals surface area contributed by atoms with Crippen LogP contribution in [0.5, 0.6) is 0 Å². The van der Waals surface area contributed by atoms with Crippen LogP contribution in [-0.2, 0) is 0 Å². The maximum Gasteiger partial charge on any atom is 0.252 e. The molecule has 1 amide bonds. The third-order valence-electron chi connectivity index (χ3n) is 3.35. The van der Waals surface area contributed by atoms with Crippen molar-refractivity contribution in [2.24, 2.45) is 0 Å². The van der Waals surface area contributed by atoms with Crippen molar-refractivity contribution in [3.05, 3.63) is 70.1 Å². The van der Waals surface area contributed by atoms with Gasteiger partial charge >= 0.3 is 0 Å². The number of halogens is 1. The van der Waals surface area contributed by atoms with Crippen LogP contribution in [0, 0.1) is 0 Å². The van der Waals surface area contributed by atoms with E-state index in [9.17, 15) is 9.90 Å². The number of fused-ring (bicyclic) bond motifs is 1. The highest BCUT2D eigenvalue weighted by atomic mass is 35.5. The molecule has 1 aromatic heterocycles. The number of benzene rings is 2. The first kappa shape index (κ1) is 15.0. The number of hydrogen-bond donors (Lipinski definition) is 2. The van der Waals surface area contributed by atoms with Gasteiger partial charge in [-0.05, 0) is 29.7 Å². The smallest absolute Gasteiger partial charge is 0.252 e. The van der Waals surface area contributed by atoms with Crippen molar-refractivity contribution in [1.29, 1.82) is 0 Å². The molecule has 0 spiro atoms. The summed E-state index contributed by atoms with van der Waals surface area (Å²) in [5.74, 6) is -0.286. The van der Waals surface area contributed by atoms with E-state index >= 15 is 0 Å². The molecule has 5 heteroatoms. The third-order valence-corrected chi connectivity index (χ3v) is 4.89. The lowest BCUT2D eigenvalue weighted by molar-refractivity contribution is 0.0918. The summed E-state index contributed by atoms with van der Waals surface area (Å²) in [4.78, 5) is 12.9. The highest BCUT2D eigenvalue weighted by Crippen LogP contribution is 2.29. The maximum atomic E-state index is 12.1. The summed E-state index contributed by atoms with van der Waals surface area (Å²) in [7, 11) is 0. The van der Waals surface area contributed by atoms with Gasteiger partial charge in [0.25, 0.3) is 5.91 Å². The van der Waals surface area contributed by atoms with E-state index < -0.39 is 6.10 Å². The Bertz CT molecular complexity index is 782. The van der Waals surface area contributed by atoms with Crippen LogP contribution < -0.4 is 5.32 Å². The summed E-state index contributed by atoms with van der Waals surface area (Å²) < 4.78 is 1.12. The van der Waals surface area contributed by atoms with E-state index in [1.54, 1.807) is 24.3 Å². The van der Waals surface area contributed by atoms with Gasteiger partial charge in [0.2, 0.25) is 0 Å². The number of thiophene rings is 1. The molecule has 0 fully saturated rings. The monoisotopic (exact) mass is 331 g/mol. The first-order valence-electron chi connectivity index (χ1n) is 6.84. The van der Waals surface area contributed by atoms with E-state index in [2.05, 4.69) is 5.32 Å². The van der Waals surface area contributed by atoms with Crippen molar-refractivity contribution in [2.75, 3.05) is 6.54 Å². The zero-order valence-corrected chi connectivity index (χ0v) is 13.2. The fraction of sp³-hybridized carbons (Fsp3) is 0.118. The Kier molecular flexibility index (Phi) is 4.43. The number of aliphatic hydroxyl groups is 1. The molecule has 0 radical (unpaired) electrons. The lowest BCUT2D eigenvalue weighted by Crippen LogP contribution is -2.28. The molecule has 22 heavy (non-hydrogen) atoms. The molecule has 0 unspecified atom stereocenters. The third kappa shape index (κ3) is 3.14. The summed E-state index contributed by atoms with van der Waals surface area (Å²) in [6.45, 7) is 0.150. The first-order chi connectivity index (χ1) is 10.6. The predicted octanol–water partition coefficient (Wildman–Crippen LogP) is 4.02. The molecule has 0 bridgehead atoms. The van der Waals surface area contributed by atoms with E-state index in [1.807, 2.05) is 30.3 Å². The van der Waals surface area contributed by atoms with Gasteiger partial charge in [0.1, 0.15) is 6.10 Å². The highest BCUT2D eigenvalue weighted by molar-refractivity contribution is 7.19. The molecule has 3 rings (SSSR count). The quantitative estimate of drug-likeness (QED) is 0.758. The predicted molar refractivity (Wildman–Crippen MR) is 90.6 cm³/mol. The van der Waals surface area contributed by atoms with Crippen LogP contribution in [0.1, 0.15) is 21.3 Å². The number of aliphatic hydroxyl groups excluding tert-OH is 1. The van der Waals surface area contributed by atoms with Gasteiger partial charge in [0.05, 0.1) is 10.6 Å². The molecule has 0 aliphatic rings. The van der Waals surface area contributed by atoms with Crippen molar-refractivity contribution in [2.45, 2.75) is 6.10 Å². The molecule has 0 saturated heterocycles. The minimum atomic E-state index is -0.733. The largest absolute Gasteiger partial charge is 0.386 e. The van der Waals surface area contributed by atoms with Gasteiger partial charge in [0, 0.05) is 16.1 Å². The minimum Gasteiger partial charge on any atom is -0.386 e. The molecule has 0 saturated carbocycles. The average molecular weight is 332 g/mol. The van der Waals surface area contributed by atoms with Crippen molar-refractivity contribution in [3.8, 4) is 0 Å². The number of nitrogens with one attached hydrogen (secondary N) is 1. The van der Waals surface area contributed by atoms with Gasteiger partial charge in [0.15, 0.2) is 0 Å². The maximum absolute atomic E-state index is 12.1. The Morgan fingerprint density at radius 1 is 1.18 bits per heavy atom. The molecular formula is C17H14ClNO2S. The Hall–Kier alpha value is -1.88. The van der Waals surface area contributed by atoms with Crippen LogP contribution in [0.2, 0.25) is 5.02 Å². The fourth-order valence-corrected chi connectivity index (χ4v) is 3.47. The highest BCUT2D eigenvalue weighted by Gasteiger charge is 2.14. The lowest BCUT2D eigenvalue weighted by atomic mass is 10.2. The zero-order chi connectivity index (χ0) is 15.5. The van der Waals surface area contributed by atoms with Gasteiger partial charge in [-0.25, -0.2) is 0 Å². The van der Waals surface area contributed by atoms with Gasteiger partial charge in [-0.1, -0.05) is 41.9 Å². The summed E-state index contributed by atoms with van der Waals surface area (Å²) in [5, 5.41) is 14.5. The molecule has 3 nitrogen and oxygen atoms in total. The number of hydrogen-bond acceptors (Lipinski definition) is 3. The van der Waals surface area contributed by atoms with Crippen molar-refractivity contribution < 1.29 is 9.90 Å². The number of carbonyl (C=O) groups excluding carboxylic acids is 1. The molecule has 1 atom stereocenters. The van der Waals surface area contributed by atoms with E-state index in [4.69, 9.17) is 11.6 Å². The normalized spacial score (nSPS) is 12.3. The Balaban J connectivity index is 1.68. The van der Waals surface area contributed by atoms with Crippen LogP contribution in [0.4, 0.5) is 0 Å². The molecule has 112 valence electrons. The molecule has 0 aliphatic heterocycles. The summed E-state index contributed by atoms with van der Waals surface area (Å²) in [6, 6.07) is 16.7. The molecule has 2 aromatic carbocycles. The van der Waals surface area contributed by atoms with Crippen LogP contribution in [0.3, 0.4) is 0 Å².